The minimum atomic E-state index is -1.02. The zero-order chi connectivity index (χ0) is 11.3. The van der Waals surface area contributed by atoms with Crippen LogP contribution in [0.2, 0.25) is 10.0 Å². The topological polar surface area (TPSA) is 46.5 Å². The first kappa shape index (κ1) is 11.9. The van der Waals surface area contributed by atoms with Crippen LogP contribution in [0.4, 0.5) is 0 Å². The summed E-state index contributed by atoms with van der Waals surface area (Å²) in [5.74, 6) is -0.667. The van der Waals surface area contributed by atoms with Crippen molar-refractivity contribution in [2.24, 2.45) is 0 Å². The van der Waals surface area contributed by atoms with E-state index in [-0.39, 0.29) is 6.61 Å². The molecule has 0 radical (unpaired) electrons. The third-order valence-corrected chi connectivity index (χ3v) is 2.10. The molecule has 80 valence electrons. The molecule has 0 atom stereocenters. The van der Waals surface area contributed by atoms with E-state index in [1.165, 1.54) is 6.08 Å². The molecular formula is C10H8Cl2O3. The number of carboxylic acids is 1. The number of carboxylic acid groups (broad SMARTS) is 1. The highest BCUT2D eigenvalue weighted by Crippen LogP contribution is 2.32. The van der Waals surface area contributed by atoms with Crippen LogP contribution in [-0.4, -0.2) is 17.7 Å². The molecule has 5 heteroatoms. The molecular weight excluding hydrogens is 239 g/mol. The van der Waals surface area contributed by atoms with Crippen molar-refractivity contribution in [2.45, 2.75) is 0 Å². The van der Waals surface area contributed by atoms with Crippen molar-refractivity contribution in [3.63, 3.8) is 0 Å². The van der Waals surface area contributed by atoms with Crippen LogP contribution < -0.4 is 4.74 Å². The first-order valence-corrected chi connectivity index (χ1v) is 4.83. The number of hydrogen-bond donors (Lipinski definition) is 1. The molecule has 3 nitrogen and oxygen atoms in total. The Morgan fingerprint density at radius 3 is 2.53 bits per heavy atom. The van der Waals surface area contributed by atoms with Gasteiger partial charge in [-0.3, -0.25) is 0 Å². The van der Waals surface area contributed by atoms with Crippen molar-refractivity contribution >= 4 is 29.2 Å². The first-order chi connectivity index (χ1) is 7.11. The van der Waals surface area contributed by atoms with E-state index in [2.05, 4.69) is 0 Å². The molecule has 15 heavy (non-hydrogen) atoms. The maximum absolute atomic E-state index is 10.2. The Kier molecular flexibility index (Phi) is 4.46. The van der Waals surface area contributed by atoms with Crippen molar-refractivity contribution in [3.8, 4) is 5.75 Å². The number of hydrogen-bond acceptors (Lipinski definition) is 2. The molecule has 0 aliphatic heterocycles. The van der Waals surface area contributed by atoms with E-state index < -0.39 is 5.97 Å². The van der Waals surface area contributed by atoms with Gasteiger partial charge in [-0.25, -0.2) is 4.79 Å². The van der Waals surface area contributed by atoms with Gasteiger partial charge in [-0.1, -0.05) is 29.3 Å². The Morgan fingerprint density at radius 2 is 2.00 bits per heavy atom. The molecule has 0 saturated heterocycles. The predicted molar refractivity (Wildman–Crippen MR) is 58.7 cm³/mol. The molecule has 0 spiro atoms. The minimum absolute atomic E-state index is 0.107. The molecule has 1 aromatic carbocycles. The van der Waals surface area contributed by atoms with E-state index in [0.29, 0.717) is 15.8 Å². The van der Waals surface area contributed by atoms with E-state index in [4.69, 9.17) is 33.0 Å². The molecule has 0 aliphatic carbocycles. The fourth-order valence-corrected chi connectivity index (χ4v) is 1.41. The summed E-state index contributed by atoms with van der Waals surface area (Å²) in [5, 5.41) is 9.11. The molecule has 0 amide bonds. The summed E-state index contributed by atoms with van der Waals surface area (Å²) in [5.41, 5.74) is 0. The van der Waals surface area contributed by atoms with Gasteiger partial charge in [-0.05, 0) is 18.2 Å². The molecule has 0 aromatic heterocycles. The van der Waals surface area contributed by atoms with Gasteiger partial charge in [0.25, 0.3) is 0 Å². The van der Waals surface area contributed by atoms with Crippen molar-refractivity contribution in [2.75, 3.05) is 6.61 Å². The number of halogens is 2. The number of benzene rings is 1. The molecule has 1 N–H and O–H groups in total. The second kappa shape index (κ2) is 5.63. The van der Waals surface area contributed by atoms with Gasteiger partial charge in [-0.2, -0.15) is 0 Å². The summed E-state index contributed by atoms with van der Waals surface area (Å²) in [6.07, 6.45) is 2.35. The monoisotopic (exact) mass is 246 g/mol. The zero-order valence-electron chi connectivity index (χ0n) is 7.61. The number of rotatable bonds is 4. The maximum atomic E-state index is 10.2. The van der Waals surface area contributed by atoms with Crippen LogP contribution in [0.1, 0.15) is 0 Å². The van der Waals surface area contributed by atoms with Gasteiger partial charge >= 0.3 is 5.97 Å². The lowest BCUT2D eigenvalue weighted by atomic mass is 10.3. The average molecular weight is 247 g/mol. The third-order valence-electron chi connectivity index (χ3n) is 1.50. The lowest BCUT2D eigenvalue weighted by Crippen LogP contribution is -1.96. The highest BCUT2D eigenvalue weighted by atomic mass is 35.5. The Hall–Kier alpha value is -1.19. The van der Waals surface area contributed by atoms with E-state index in [9.17, 15) is 4.79 Å². The van der Waals surface area contributed by atoms with Crippen molar-refractivity contribution in [3.05, 3.63) is 40.4 Å². The number of aliphatic carboxylic acids is 1. The van der Waals surface area contributed by atoms with Crippen LogP contribution >= 0.6 is 23.2 Å². The quantitative estimate of drug-likeness (QED) is 0.832. The summed E-state index contributed by atoms with van der Waals surface area (Å²) >= 11 is 11.6. The van der Waals surface area contributed by atoms with Gasteiger partial charge in [0.15, 0.2) is 5.75 Å². The molecule has 0 aliphatic rings. The lowest BCUT2D eigenvalue weighted by Gasteiger charge is -2.06. The van der Waals surface area contributed by atoms with Crippen LogP contribution in [0.5, 0.6) is 5.75 Å². The van der Waals surface area contributed by atoms with E-state index in [0.717, 1.165) is 6.08 Å². The van der Waals surface area contributed by atoms with Crippen LogP contribution in [0.15, 0.2) is 30.4 Å². The van der Waals surface area contributed by atoms with Gasteiger partial charge < -0.3 is 9.84 Å². The largest absolute Gasteiger partial charge is 0.486 e. The normalized spacial score (nSPS) is 10.5. The standard InChI is InChI=1S/C10H8Cl2O3/c11-7-3-1-4-8(12)10(7)15-6-2-5-9(13)14/h1-5H,6H2,(H,13,14)/b5-2+. The molecule has 0 fully saturated rings. The molecule has 0 bridgehead atoms. The second-order valence-corrected chi connectivity index (χ2v) is 3.42. The lowest BCUT2D eigenvalue weighted by molar-refractivity contribution is -0.131. The average Bonchev–Trinajstić information content (AvgIpc) is 2.15. The van der Waals surface area contributed by atoms with E-state index in [1.54, 1.807) is 18.2 Å². The molecule has 1 rings (SSSR count). The zero-order valence-corrected chi connectivity index (χ0v) is 9.13. The van der Waals surface area contributed by atoms with Crippen molar-refractivity contribution in [1.29, 1.82) is 0 Å². The Balaban J connectivity index is 2.61. The van der Waals surface area contributed by atoms with Crippen molar-refractivity contribution < 1.29 is 14.6 Å². The maximum Gasteiger partial charge on any atom is 0.328 e. The molecule has 1 aromatic rings. The van der Waals surface area contributed by atoms with Gasteiger partial charge in [0.05, 0.1) is 10.0 Å². The first-order valence-electron chi connectivity index (χ1n) is 4.07. The van der Waals surface area contributed by atoms with E-state index in [1.807, 2.05) is 0 Å². The van der Waals surface area contributed by atoms with Gasteiger partial charge in [0.2, 0.25) is 0 Å². The summed E-state index contributed by atoms with van der Waals surface area (Å²) in [6.45, 7) is 0.107. The predicted octanol–water partition coefficient (Wildman–Crippen LogP) is 3.01. The SMILES string of the molecule is O=C(O)/C=C/COc1c(Cl)cccc1Cl. The number of carbonyl (C=O) groups is 1. The summed E-state index contributed by atoms with van der Waals surface area (Å²) < 4.78 is 5.20. The fourth-order valence-electron chi connectivity index (χ4n) is 0.901. The van der Waals surface area contributed by atoms with Gasteiger partial charge in [0.1, 0.15) is 6.61 Å². The number of ether oxygens (including phenoxy) is 1. The van der Waals surface area contributed by atoms with Crippen LogP contribution in [0, 0.1) is 0 Å². The van der Waals surface area contributed by atoms with Crippen LogP contribution in [-0.2, 0) is 4.79 Å². The highest BCUT2D eigenvalue weighted by molar-refractivity contribution is 6.37. The molecule has 0 unspecified atom stereocenters. The van der Waals surface area contributed by atoms with Crippen LogP contribution in [0.25, 0.3) is 0 Å². The Labute approximate surface area is 96.9 Å². The van der Waals surface area contributed by atoms with Gasteiger partial charge in [-0.15, -0.1) is 0 Å². The van der Waals surface area contributed by atoms with Crippen molar-refractivity contribution in [1.82, 2.24) is 0 Å². The third kappa shape index (κ3) is 3.81. The minimum Gasteiger partial charge on any atom is -0.486 e. The highest BCUT2D eigenvalue weighted by Gasteiger charge is 2.04. The summed E-state index contributed by atoms with van der Waals surface area (Å²) in [4.78, 5) is 10.2. The summed E-state index contributed by atoms with van der Waals surface area (Å²) in [7, 11) is 0. The second-order valence-electron chi connectivity index (χ2n) is 2.60. The molecule has 0 heterocycles. The smallest absolute Gasteiger partial charge is 0.328 e. The van der Waals surface area contributed by atoms with Gasteiger partial charge in [0, 0.05) is 6.08 Å². The molecule has 0 saturated carbocycles. The van der Waals surface area contributed by atoms with Crippen LogP contribution in [0.3, 0.4) is 0 Å². The number of para-hydroxylation sites is 1. The Bertz CT molecular complexity index is 368. The summed E-state index contributed by atoms with van der Waals surface area (Å²) in [6, 6.07) is 4.98. The Morgan fingerprint density at radius 1 is 1.40 bits per heavy atom. The van der Waals surface area contributed by atoms with E-state index >= 15 is 0 Å². The fraction of sp³-hybridized carbons (Fsp3) is 0.100.